The Morgan fingerprint density at radius 3 is 2.75 bits per heavy atom. The maximum absolute atomic E-state index is 12.2. The second-order valence-electron chi connectivity index (χ2n) is 4.08. The minimum atomic E-state index is -3.23. The lowest BCUT2D eigenvalue weighted by Crippen LogP contribution is -2.38. The third-order valence-electron chi connectivity index (χ3n) is 3.20. The van der Waals surface area contributed by atoms with Crippen LogP contribution in [0.1, 0.15) is 12.5 Å². The van der Waals surface area contributed by atoms with Gasteiger partial charge in [-0.2, -0.15) is 0 Å². The number of hydrogen-bond acceptors (Lipinski definition) is 3. The molecule has 2 unspecified atom stereocenters. The molecule has 16 heavy (non-hydrogen) atoms. The standard InChI is InChI=1S/C11H14ClNO2S/c1-7(13-2)11-6-8-9(12)4-3-5-10(8)16(11,14)15/h3-5,7,11,13H,6H2,1-2H3. The summed E-state index contributed by atoms with van der Waals surface area (Å²) in [4.78, 5) is 0.395. The van der Waals surface area contributed by atoms with Crippen LogP contribution in [0, 0.1) is 0 Å². The topological polar surface area (TPSA) is 46.2 Å². The molecule has 0 aromatic heterocycles. The highest BCUT2D eigenvalue weighted by atomic mass is 35.5. The molecular formula is C11H14ClNO2S. The Kier molecular flexibility index (Phi) is 2.99. The van der Waals surface area contributed by atoms with Crippen molar-refractivity contribution in [2.45, 2.75) is 29.5 Å². The fourth-order valence-corrected chi connectivity index (χ4v) is 4.61. The van der Waals surface area contributed by atoms with Gasteiger partial charge in [0.15, 0.2) is 9.84 Å². The van der Waals surface area contributed by atoms with Crippen molar-refractivity contribution < 1.29 is 8.42 Å². The van der Waals surface area contributed by atoms with E-state index in [4.69, 9.17) is 11.6 Å². The summed E-state index contributed by atoms with van der Waals surface area (Å²) in [5.41, 5.74) is 0.760. The van der Waals surface area contributed by atoms with Crippen LogP contribution in [0.25, 0.3) is 0 Å². The lowest BCUT2D eigenvalue weighted by molar-refractivity contribution is 0.535. The van der Waals surface area contributed by atoms with Crippen LogP contribution in [-0.4, -0.2) is 26.8 Å². The highest BCUT2D eigenvalue weighted by Gasteiger charge is 2.40. The van der Waals surface area contributed by atoms with Gasteiger partial charge in [-0.1, -0.05) is 17.7 Å². The molecule has 2 atom stereocenters. The van der Waals surface area contributed by atoms with Gasteiger partial charge in [0.25, 0.3) is 0 Å². The molecule has 1 heterocycles. The molecule has 0 bridgehead atoms. The van der Waals surface area contributed by atoms with Crippen LogP contribution in [0.4, 0.5) is 0 Å². The molecule has 1 aromatic carbocycles. The van der Waals surface area contributed by atoms with Crippen LogP contribution in [0.3, 0.4) is 0 Å². The quantitative estimate of drug-likeness (QED) is 0.879. The Balaban J connectivity index is 2.54. The fraction of sp³-hybridized carbons (Fsp3) is 0.455. The molecule has 2 rings (SSSR count). The van der Waals surface area contributed by atoms with Crippen LogP contribution in [0.5, 0.6) is 0 Å². The van der Waals surface area contributed by atoms with Gasteiger partial charge < -0.3 is 5.32 Å². The summed E-state index contributed by atoms with van der Waals surface area (Å²) in [5, 5.41) is 3.13. The van der Waals surface area contributed by atoms with Crippen molar-refractivity contribution in [3.05, 3.63) is 28.8 Å². The van der Waals surface area contributed by atoms with E-state index in [1.165, 1.54) is 0 Å². The summed E-state index contributed by atoms with van der Waals surface area (Å²) in [7, 11) is -1.46. The van der Waals surface area contributed by atoms with Gasteiger partial charge >= 0.3 is 0 Å². The SMILES string of the molecule is CNC(C)C1Cc2c(Cl)cccc2S1(=O)=O. The van der Waals surface area contributed by atoms with Gasteiger partial charge in [-0.3, -0.25) is 0 Å². The number of fused-ring (bicyclic) bond motifs is 1. The molecule has 0 aliphatic carbocycles. The molecule has 1 aliphatic heterocycles. The second-order valence-corrected chi connectivity index (χ2v) is 6.62. The Bertz CT molecular complexity index is 513. The number of sulfone groups is 1. The summed E-state index contributed by atoms with van der Waals surface area (Å²) in [5.74, 6) is 0. The lowest BCUT2D eigenvalue weighted by Gasteiger charge is -2.17. The van der Waals surface area contributed by atoms with Crippen LogP contribution in [0.15, 0.2) is 23.1 Å². The van der Waals surface area contributed by atoms with Gasteiger partial charge in [-0.25, -0.2) is 8.42 Å². The minimum absolute atomic E-state index is 0.0755. The molecule has 0 saturated heterocycles. The Labute approximate surface area is 101 Å². The van der Waals surface area contributed by atoms with Gasteiger partial charge in [0, 0.05) is 11.1 Å². The molecule has 1 aromatic rings. The molecule has 0 spiro atoms. The second kappa shape index (κ2) is 4.02. The first-order chi connectivity index (χ1) is 7.48. The lowest BCUT2D eigenvalue weighted by atomic mass is 10.1. The number of halogens is 1. The maximum atomic E-state index is 12.2. The number of hydrogen-bond donors (Lipinski definition) is 1. The first-order valence-corrected chi connectivity index (χ1v) is 7.09. The average molecular weight is 260 g/mol. The van der Waals surface area contributed by atoms with Crippen LogP contribution in [0.2, 0.25) is 5.02 Å². The van der Waals surface area contributed by atoms with E-state index in [0.717, 1.165) is 5.56 Å². The third kappa shape index (κ3) is 1.65. The average Bonchev–Trinajstić information content (AvgIpc) is 2.52. The van der Waals surface area contributed by atoms with Gasteiger partial charge in [-0.05, 0) is 38.1 Å². The summed E-state index contributed by atoms with van der Waals surface area (Å²) in [6.45, 7) is 1.88. The van der Waals surface area contributed by atoms with Crippen LogP contribution in [-0.2, 0) is 16.3 Å². The number of benzene rings is 1. The molecule has 1 N–H and O–H groups in total. The molecule has 1 aliphatic rings. The van der Waals surface area contributed by atoms with Crippen molar-refractivity contribution in [1.29, 1.82) is 0 Å². The Morgan fingerprint density at radius 1 is 1.50 bits per heavy atom. The summed E-state index contributed by atoms with van der Waals surface area (Å²) in [6, 6.07) is 4.99. The summed E-state index contributed by atoms with van der Waals surface area (Å²) >= 11 is 6.03. The highest BCUT2D eigenvalue weighted by molar-refractivity contribution is 7.92. The molecule has 0 fully saturated rings. The largest absolute Gasteiger partial charge is 0.316 e. The Hall–Kier alpha value is -0.580. The molecule has 3 nitrogen and oxygen atoms in total. The zero-order chi connectivity index (χ0) is 11.9. The van der Waals surface area contributed by atoms with E-state index in [0.29, 0.717) is 16.3 Å². The van der Waals surface area contributed by atoms with E-state index in [-0.39, 0.29) is 6.04 Å². The summed E-state index contributed by atoms with van der Waals surface area (Å²) < 4.78 is 24.5. The smallest absolute Gasteiger partial charge is 0.183 e. The summed E-state index contributed by atoms with van der Waals surface area (Å²) in [6.07, 6.45) is 0.499. The zero-order valence-corrected chi connectivity index (χ0v) is 10.8. The zero-order valence-electron chi connectivity index (χ0n) is 9.20. The van der Waals surface area contributed by atoms with Crippen molar-refractivity contribution in [3.63, 3.8) is 0 Å². The number of nitrogens with one attached hydrogen (secondary N) is 1. The van der Waals surface area contributed by atoms with Crippen molar-refractivity contribution >= 4 is 21.4 Å². The van der Waals surface area contributed by atoms with E-state index in [1.807, 2.05) is 6.92 Å². The van der Waals surface area contributed by atoms with Crippen LogP contribution >= 0.6 is 11.6 Å². The molecule has 0 radical (unpaired) electrons. The van der Waals surface area contributed by atoms with E-state index in [1.54, 1.807) is 25.2 Å². The molecular weight excluding hydrogens is 246 g/mol. The van der Waals surface area contributed by atoms with Crippen molar-refractivity contribution in [1.82, 2.24) is 5.32 Å². The highest BCUT2D eigenvalue weighted by Crippen LogP contribution is 2.36. The first-order valence-electron chi connectivity index (χ1n) is 5.17. The van der Waals surface area contributed by atoms with Crippen molar-refractivity contribution in [2.75, 3.05) is 7.05 Å². The van der Waals surface area contributed by atoms with E-state index in [9.17, 15) is 8.42 Å². The predicted octanol–water partition coefficient (Wildman–Crippen LogP) is 1.65. The van der Waals surface area contributed by atoms with Gasteiger partial charge in [0.2, 0.25) is 0 Å². The van der Waals surface area contributed by atoms with E-state index < -0.39 is 15.1 Å². The normalized spacial score (nSPS) is 24.1. The van der Waals surface area contributed by atoms with E-state index >= 15 is 0 Å². The molecule has 0 amide bonds. The van der Waals surface area contributed by atoms with Gasteiger partial charge in [-0.15, -0.1) is 0 Å². The Morgan fingerprint density at radius 2 is 2.19 bits per heavy atom. The first kappa shape index (κ1) is 11.9. The minimum Gasteiger partial charge on any atom is -0.316 e. The molecule has 88 valence electrons. The van der Waals surface area contributed by atoms with E-state index in [2.05, 4.69) is 5.32 Å². The predicted molar refractivity (Wildman–Crippen MR) is 64.7 cm³/mol. The maximum Gasteiger partial charge on any atom is 0.183 e. The monoisotopic (exact) mass is 259 g/mol. The van der Waals surface area contributed by atoms with Crippen LogP contribution < -0.4 is 5.32 Å². The number of rotatable bonds is 2. The van der Waals surface area contributed by atoms with Crippen molar-refractivity contribution in [2.24, 2.45) is 0 Å². The molecule has 0 saturated carbocycles. The van der Waals surface area contributed by atoms with Crippen molar-refractivity contribution in [3.8, 4) is 0 Å². The van der Waals surface area contributed by atoms with Gasteiger partial charge in [0.1, 0.15) is 0 Å². The molecule has 5 heteroatoms. The fourth-order valence-electron chi connectivity index (χ4n) is 2.11. The van der Waals surface area contributed by atoms with Gasteiger partial charge in [0.05, 0.1) is 10.1 Å². The third-order valence-corrected chi connectivity index (χ3v) is 5.92.